The molecule has 6 nitrogen and oxygen atoms in total. The Morgan fingerprint density at radius 3 is 2.75 bits per heavy atom. The molecule has 2 N–H and O–H groups in total. The topological polar surface area (TPSA) is 88.3 Å². The van der Waals surface area contributed by atoms with Crippen LogP contribution in [0.15, 0.2) is 18.2 Å². The van der Waals surface area contributed by atoms with Crippen molar-refractivity contribution in [2.75, 3.05) is 5.32 Å². The number of aliphatic hydroxyl groups is 1. The summed E-state index contributed by atoms with van der Waals surface area (Å²) in [4.78, 5) is 16.0. The first-order valence-electron chi connectivity index (χ1n) is 6.06. The molecule has 0 amide bonds. The minimum atomic E-state index is -0.442. The zero-order valence-corrected chi connectivity index (χ0v) is 12.0. The molecular weight excluding hydrogens is 278 g/mol. The number of hydrogen-bond acceptors (Lipinski definition) is 6. The average molecular weight is 293 g/mol. The molecule has 1 aromatic heterocycles. The molecule has 1 aromatic carbocycles. The molecule has 0 aliphatic rings. The van der Waals surface area contributed by atoms with E-state index in [0.717, 1.165) is 15.6 Å². The lowest BCUT2D eigenvalue weighted by Gasteiger charge is -2.07. The van der Waals surface area contributed by atoms with Gasteiger partial charge in [-0.25, -0.2) is 4.98 Å². The first kappa shape index (κ1) is 14.4. The van der Waals surface area contributed by atoms with Crippen molar-refractivity contribution < 1.29 is 10.0 Å². The van der Waals surface area contributed by atoms with E-state index in [1.807, 2.05) is 13.8 Å². The summed E-state index contributed by atoms with van der Waals surface area (Å²) in [5, 5.41) is 24.1. The van der Waals surface area contributed by atoms with Gasteiger partial charge in [-0.05, 0) is 31.5 Å². The van der Waals surface area contributed by atoms with E-state index in [4.69, 9.17) is 5.11 Å². The van der Waals surface area contributed by atoms with Crippen molar-refractivity contribution in [1.29, 1.82) is 0 Å². The van der Waals surface area contributed by atoms with Crippen LogP contribution in [0.5, 0.6) is 0 Å². The van der Waals surface area contributed by atoms with E-state index in [-0.39, 0.29) is 12.3 Å². The van der Waals surface area contributed by atoms with Gasteiger partial charge in [0.2, 0.25) is 0 Å². The summed E-state index contributed by atoms with van der Waals surface area (Å²) in [5.74, 6) is 0. The summed E-state index contributed by atoms with van der Waals surface area (Å²) in [5.41, 5.74) is 1.90. The molecule has 106 valence electrons. The van der Waals surface area contributed by atoms with E-state index < -0.39 is 4.92 Å². The van der Waals surface area contributed by atoms with Crippen molar-refractivity contribution in [2.45, 2.75) is 27.0 Å². The van der Waals surface area contributed by atoms with Crippen LogP contribution < -0.4 is 5.32 Å². The molecule has 0 fully saturated rings. The zero-order valence-electron chi connectivity index (χ0n) is 11.2. The molecule has 2 aromatic rings. The second-order valence-electron chi connectivity index (χ2n) is 4.36. The van der Waals surface area contributed by atoms with Gasteiger partial charge in [-0.2, -0.15) is 0 Å². The molecule has 0 saturated heterocycles. The Hall–Kier alpha value is -1.99. The van der Waals surface area contributed by atoms with Crippen molar-refractivity contribution in [3.8, 4) is 0 Å². The molecule has 1 heterocycles. The van der Waals surface area contributed by atoms with Crippen LogP contribution in [-0.2, 0) is 13.2 Å². The minimum absolute atomic E-state index is 0.00759. The number of thiazole rings is 1. The average Bonchev–Trinajstić information content (AvgIpc) is 2.74. The van der Waals surface area contributed by atoms with E-state index in [0.29, 0.717) is 17.8 Å². The highest BCUT2D eigenvalue weighted by Crippen LogP contribution is 2.27. The molecule has 0 spiro atoms. The number of nitro groups is 1. The standard InChI is InChI=1S/C13H15N3O3S/c1-8-12(15-9(2)20-8)6-14-11-5-10(7-17)3-4-13(11)16(18)19/h3-5,14,17H,6-7H2,1-2H3. The van der Waals surface area contributed by atoms with Crippen molar-refractivity contribution in [1.82, 2.24) is 4.98 Å². The first-order chi connectivity index (χ1) is 9.51. The van der Waals surface area contributed by atoms with E-state index in [1.54, 1.807) is 23.5 Å². The maximum absolute atomic E-state index is 11.0. The van der Waals surface area contributed by atoms with E-state index in [1.165, 1.54) is 6.07 Å². The summed E-state index contributed by atoms with van der Waals surface area (Å²) >= 11 is 1.60. The van der Waals surface area contributed by atoms with Gasteiger partial charge in [-0.15, -0.1) is 11.3 Å². The fourth-order valence-corrected chi connectivity index (χ4v) is 2.73. The molecule has 0 bridgehead atoms. The molecule has 0 saturated carbocycles. The van der Waals surface area contributed by atoms with Crippen LogP contribution in [0.1, 0.15) is 21.1 Å². The predicted molar refractivity (Wildman–Crippen MR) is 77.9 cm³/mol. The summed E-state index contributed by atoms with van der Waals surface area (Å²) in [6.07, 6.45) is 0. The van der Waals surface area contributed by atoms with Crippen molar-refractivity contribution in [2.24, 2.45) is 0 Å². The second-order valence-corrected chi connectivity index (χ2v) is 5.76. The van der Waals surface area contributed by atoms with Gasteiger partial charge in [0.05, 0.1) is 28.8 Å². The van der Waals surface area contributed by atoms with Crippen LogP contribution >= 0.6 is 11.3 Å². The normalized spacial score (nSPS) is 10.6. The Balaban J connectivity index is 2.23. The third kappa shape index (κ3) is 3.12. The monoisotopic (exact) mass is 293 g/mol. The molecule has 20 heavy (non-hydrogen) atoms. The lowest BCUT2D eigenvalue weighted by molar-refractivity contribution is -0.384. The first-order valence-corrected chi connectivity index (χ1v) is 6.88. The number of aryl methyl sites for hydroxylation is 2. The summed E-state index contributed by atoms with van der Waals surface area (Å²) in [6.45, 7) is 4.17. The largest absolute Gasteiger partial charge is 0.392 e. The number of hydrogen-bond donors (Lipinski definition) is 2. The van der Waals surface area contributed by atoms with Gasteiger partial charge < -0.3 is 10.4 Å². The number of anilines is 1. The number of aliphatic hydroxyl groups excluding tert-OH is 1. The Bertz CT molecular complexity index is 640. The predicted octanol–water partition coefficient (Wildman–Crippen LogP) is 2.77. The van der Waals surface area contributed by atoms with Crippen molar-refractivity contribution in [3.05, 3.63) is 49.5 Å². The van der Waals surface area contributed by atoms with Crippen LogP contribution in [0.25, 0.3) is 0 Å². The van der Waals surface area contributed by atoms with Crippen LogP contribution in [-0.4, -0.2) is 15.0 Å². The number of nitro benzene ring substituents is 1. The van der Waals surface area contributed by atoms with Gasteiger partial charge in [0.1, 0.15) is 5.69 Å². The quantitative estimate of drug-likeness (QED) is 0.653. The van der Waals surface area contributed by atoms with E-state index in [9.17, 15) is 10.1 Å². The fourth-order valence-electron chi connectivity index (χ4n) is 1.90. The third-order valence-corrected chi connectivity index (χ3v) is 3.81. The zero-order chi connectivity index (χ0) is 14.7. The second kappa shape index (κ2) is 5.98. The summed E-state index contributed by atoms with van der Waals surface area (Å²) < 4.78 is 0. The lowest BCUT2D eigenvalue weighted by Crippen LogP contribution is -2.04. The molecule has 0 aliphatic carbocycles. The maximum Gasteiger partial charge on any atom is 0.292 e. The van der Waals surface area contributed by atoms with Gasteiger partial charge in [0.25, 0.3) is 5.69 Å². The van der Waals surface area contributed by atoms with Crippen LogP contribution in [0.4, 0.5) is 11.4 Å². The van der Waals surface area contributed by atoms with Gasteiger partial charge in [0.15, 0.2) is 0 Å². The SMILES string of the molecule is Cc1nc(CNc2cc(CO)ccc2[N+](=O)[O-])c(C)s1. The lowest BCUT2D eigenvalue weighted by atomic mass is 10.2. The Kier molecular flexibility index (Phi) is 4.31. The maximum atomic E-state index is 11.0. The highest BCUT2D eigenvalue weighted by atomic mass is 32.1. The highest BCUT2D eigenvalue weighted by Gasteiger charge is 2.14. The molecule has 2 rings (SSSR count). The fraction of sp³-hybridized carbons (Fsp3) is 0.308. The number of benzene rings is 1. The minimum Gasteiger partial charge on any atom is -0.392 e. The van der Waals surface area contributed by atoms with Gasteiger partial charge >= 0.3 is 0 Å². The third-order valence-electron chi connectivity index (χ3n) is 2.89. The Labute approximate surface area is 120 Å². The number of rotatable bonds is 5. The van der Waals surface area contributed by atoms with E-state index >= 15 is 0 Å². The Morgan fingerprint density at radius 2 is 2.20 bits per heavy atom. The molecule has 0 aliphatic heterocycles. The number of nitrogens with zero attached hydrogens (tertiary/aromatic N) is 2. The van der Waals surface area contributed by atoms with Crippen molar-refractivity contribution in [3.63, 3.8) is 0 Å². The molecule has 7 heteroatoms. The molecular formula is C13H15N3O3S. The van der Waals surface area contributed by atoms with Gasteiger partial charge in [-0.1, -0.05) is 0 Å². The number of nitrogens with one attached hydrogen (secondary N) is 1. The van der Waals surface area contributed by atoms with Crippen LogP contribution in [0.2, 0.25) is 0 Å². The highest BCUT2D eigenvalue weighted by molar-refractivity contribution is 7.11. The smallest absolute Gasteiger partial charge is 0.292 e. The Morgan fingerprint density at radius 1 is 1.45 bits per heavy atom. The van der Waals surface area contributed by atoms with Crippen LogP contribution in [0, 0.1) is 24.0 Å². The van der Waals surface area contributed by atoms with Crippen molar-refractivity contribution >= 4 is 22.7 Å². The van der Waals surface area contributed by atoms with Gasteiger partial charge in [-0.3, -0.25) is 10.1 Å². The van der Waals surface area contributed by atoms with Gasteiger partial charge in [0, 0.05) is 10.9 Å². The molecule has 0 radical (unpaired) electrons. The summed E-state index contributed by atoms with van der Waals surface area (Å²) in [7, 11) is 0. The number of aromatic nitrogens is 1. The molecule has 0 atom stereocenters. The molecule has 0 unspecified atom stereocenters. The van der Waals surface area contributed by atoms with Crippen LogP contribution in [0.3, 0.4) is 0 Å². The van der Waals surface area contributed by atoms with E-state index in [2.05, 4.69) is 10.3 Å². The summed E-state index contributed by atoms with van der Waals surface area (Å²) in [6, 6.07) is 4.53.